The summed E-state index contributed by atoms with van der Waals surface area (Å²) in [6.07, 6.45) is 0. The largest absolute Gasteiger partial charge is 4.00 e. The summed E-state index contributed by atoms with van der Waals surface area (Å²) in [7, 11) is 0. The molecule has 0 saturated heterocycles. The summed E-state index contributed by atoms with van der Waals surface area (Å²) in [6, 6.07) is 0. The predicted molar refractivity (Wildman–Crippen MR) is 2.49 cm³/mol. The molecule has 0 fully saturated rings. The zero-order valence-corrected chi connectivity index (χ0v) is 3.91. The third-order valence-electron chi connectivity index (χ3n) is 0. The van der Waals surface area contributed by atoms with Gasteiger partial charge >= 0.3 is 38.3 Å². The molecule has 0 aliphatic heterocycles. The fourth-order valence-electron chi connectivity index (χ4n) is 0. The maximum Gasteiger partial charge on any atom is 4.00 e. The van der Waals surface area contributed by atoms with Gasteiger partial charge in [-0.05, 0) is 0 Å². The van der Waals surface area contributed by atoms with Gasteiger partial charge < -0.3 is 12.4 Å². The van der Waals surface area contributed by atoms with Gasteiger partial charge in [0, 0.05) is 0 Å². The zero-order chi connectivity index (χ0) is 0. The molecule has 0 spiro atoms. The Morgan fingerprint density at radius 1 is 1.00 bits per heavy atom. The summed E-state index contributed by atoms with van der Waals surface area (Å²) in [5.41, 5.74) is 0. The minimum absolute atomic E-state index is 0. The van der Waals surface area contributed by atoms with E-state index in [1.54, 1.807) is 0 Å². The van der Waals surface area contributed by atoms with Crippen molar-refractivity contribution in [3.63, 3.8) is 0 Å². The molecule has 0 amide bonds. The van der Waals surface area contributed by atoms with Crippen molar-refractivity contribution in [1.29, 1.82) is 0 Å². The SMILES string of the molecule is [H-].[Li+].[O-2].[O-2].[Ru+4]. The van der Waals surface area contributed by atoms with E-state index in [-0.39, 0.29) is 50.7 Å². The summed E-state index contributed by atoms with van der Waals surface area (Å²) in [5.74, 6) is 0. The standard InChI is InChI=1S/Li.2O.Ru.H/q+1;2*-2;+4;-1. The van der Waals surface area contributed by atoms with Crippen molar-refractivity contribution < 1.29 is 50.7 Å². The molecule has 0 aliphatic carbocycles. The second-order valence-corrected chi connectivity index (χ2v) is 0. The van der Waals surface area contributed by atoms with Crippen molar-refractivity contribution in [1.82, 2.24) is 0 Å². The van der Waals surface area contributed by atoms with Crippen LogP contribution in [0.5, 0.6) is 0 Å². The van der Waals surface area contributed by atoms with Crippen LogP contribution in [-0.2, 0) is 30.4 Å². The number of hydrogen-bond acceptors (Lipinski definition) is 0. The van der Waals surface area contributed by atoms with E-state index in [0.29, 0.717) is 0 Å². The topological polar surface area (TPSA) is 57.0 Å². The zero-order valence-electron chi connectivity index (χ0n) is 3.17. The van der Waals surface area contributed by atoms with Crippen LogP contribution in [0.1, 0.15) is 1.43 Å². The fraction of sp³-hybridized carbons (Fsp3) is 0. The van der Waals surface area contributed by atoms with Gasteiger partial charge in [-0.2, -0.15) is 0 Å². The molecule has 2 nitrogen and oxygen atoms in total. The second kappa shape index (κ2) is 31.4. The van der Waals surface area contributed by atoms with E-state index >= 15 is 0 Å². The van der Waals surface area contributed by atoms with Gasteiger partial charge in [0.05, 0.1) is 0 Å². The molecule has 0 aliphatic rings. The molecule has 0 aromatic carbocycles. The smallest absolute Gasteiger partial charge is 2.00 e. The van der Waals surface area contributed by atoms with Gasteiger partial charge in [-0.25, -0.2) is 0 Å². The van der Waals surface area contributed by atoms with Gasteiger partial charge in [-0.3, -0.25) is 0 Å². The van der Waals surface area contributed by atoms with Gasteiger partial charge in [0.25, 0.3) is 0 Å². The number of rotatable bonds is 0. The van der Waals surface area contributed by atoms with Crippen LogP contribution in [-0.4, -0.2) is 0 Å². The third-order valence-corrected chi connectivity index (χ3v) is 0. The first-order valence-electron chi connectivity index (χ1n) is 0. The summed E-state index contributed by atoms with van der Waals surface area (Å²) in [6.45, 7) is 0. The van der Waals surface area contributed by atoms with Gasteiger partial charge in [0.1, 0.15) is 0 Å². The Balaban J connectivity index is 0. The van der Waals surface area contributed by atoms with Crippen LogP contribution in [0.4, 0.5) is 0 Å². The average Bonchev–Trinajstić information content (AvgIpc) is 0. The first-order chi connectivity index (χ1) is 0. The number of hydrogen-bond donors (Lipinski definition) is 0. The Morgan fingerprint density at radius 3 is 1.00 bits per heavy atom. The summed E-state index contributed by atoms with van der Waals surface area (Å²) >= 11 is 0. The molecule has 0 aromatic rings. The molecule has 4 heavy (non-hydrogen) atoms. The molecule has 0 bridgehead atoms. The molecule has 0 rings (SSSR count). The normalized spacial score (nSPS) is 0. The van der Waals surface area contributed by atoms with Gasteiger partial charge in [0.2, 0.25) is 0 Å². The van der Waals surface area contributed by atoms with E-state index in [1.165, 1.54) is 0 Å². The van der Waals surface area contributed by atoms with Crippen molar-refractivity contribution in [2.75, 3.05) is 0 Å². The summed E-state index contributed by atoms with van der Waals surface area (Å²) in [5, 5.41) is 0. The van der Waals surface area contributed by atoms with Crippen molar-refractivity contribution in [2.45, 2.75) is 0 Å². The molecule has 0 heterocycles. The monoisotopic (exact) mass is 142 g/mol. The van der Waals surface area contributed by atoms with Gasteiger partial charge in [-0.15, -0.1) is 0 Å². The Hall–Kier alpha value is 1.14. The molecule has 0 aromatic heterocycles. The third kappa shape index (κ3) is 11.1. The van der Waals surface area contributed by atoms with E-state index in [0.717, 1.165) is 0 Å². The molecular formula is HLiO2Ru. The van der Waals surface area contributed by atoms with E-state index in [9.17, 15) is 0 Å². The minimum Gasteiger partial charge on any atom is -2.00 e. The van der Waals surface area contributed by atoms with Crippen LogP contribution >= 0.6 is 0 Å². The second-order valence-electron chi connectivity index (χ2n) is 0. The van der Waals surface area contributed by atoms with Crippen LogP contribution in [0.3, 0.4) is 0 Å². The average molecular weight is 141 g/mol. The van der Waals surface area contributed by atoms with E-state index < -0.39 is 0 Å². The molecule has 0 saturated carbocycles. The molecule has 0 radical (unpaired) electrons. The van der Waals surface area contributed by atoms with Crippen LogP contribution < -0.4 is 18.9 Å². The first-order valence-corrected chi connectivity index (χ1v) is 0. The Bertz CT molecular complexity index is 9.61. The van der Waals surface area contributed by atoms with E-state index in [1.807, 2.05) is 0 Å². The molecular weight excluding hydrogens is 140 g/mol. The molecule has 0 N–H and O–H groups in total. The van der Waals surface area contributed by atoms with Gasteiger partial charge in [-0.1, -0.05) is 0 Å². The predicted octanol–water partition coefficient (Wildman–Crippen LogP) is -3.12. The van der Waals surface area contributed by atoms with E-state index in [4.69, 9.17) is 0 Å². The summed E-state index contributed by atoms with van der Waals surface area (Å²) < 4.78 is 0. The molecule has 0 atom stereocenters. The quantitative estimate of drug-likeness (QED) is 0.320. The van der Waals surface area contributed by atoms with Crippen LogP contribution in [0.15, 0.2) is 0 Å². The van der Waals surface area contributed by atoms with Crippen molar-refractivity contribution >= 4 is 0 Å². The van der Waals surface area contributed by atoms with Gasteiger partial charge in [0.15, 0.2) is 0 Å². The first kappa shape index (κ1) is 67.7. The van der Waals surface area contributed by atoms with Crippen LogP contribution in [0.25, 0.3) is 0 Å². The van der Waals surface area contributed by atoms with Crippen molar-refractivity contribution in [2.24, 2.45) is 0 Å². The maximum absolute atomic E-state index is 0. The fourth-order valence-corrected chi connectivity index (χ4v) is 0. The van der Waals surface area contributed by atoms with E-state index in [2.05, 4.69) is 0 Å². The Kier molecular flexibility index (Phi) is 531. The van der Waals surface area contributed by atoms with Crippen molar-refractivity contribution in [3.8, 4) is 0 Å². The molecule has 0 unspecified atom stereocenters. The maximum atomic E-state index is 0. The van der Waals surface area contributed by atoms with Crippen LogP contribution in [0.2, 0.25) is 0 Å². The Morgan fingerprint density at radius 2 is 1.00 bits per heavy atom. The summed E-state index contributed by atoms with van der Waals surface area (Å²) in [4.78, 5) is 0. The molecule has 4 heteroatoms. The Labute approximate surface area is 51.0 Å². The molecule has 22 valence electrons. The minimum atomic E-state index is 0. The van der Waals surface area contributed by atoms with Crippen molar-refractivity contribution in [3.05, 3.63) is 0 Å². The van der Waals surface area contributed by atoms with Crippen LogP contribution in [0, 0.1) is 0 Å².